The van der Waals surface area contributed by atoms with Crippen molar-refractivity contribution in [3.05, 3.63) is 73.8 Å². The number of carbonyl (C=O) groups is 1. The maximum atomic E-state index is 13.3. The van der Waals surface area contributed by atoms with Gasteiger partial charge >= 0.3 is 11.4 Å². The monoisotopic (exact) mass is 478 g/mol. The third-order valence-electron chi connectivity index (χ3n) is 6.63. The van der Waals surface area contributed by atoms with Gasteiger partial charge in [-0.3, -0.25) is 18.7 Å². The number of benzene rings is 1. The minimum Gasteiger partial charge on any atom is -0.340 e. The van der Waals surface area contributed by atoms with Crippen molar-refractivity contribution in [2.75, 3.05) is 13.1 Å². The van der Waals surface area contributed by atoms with Crippen LogP contribution in [0.3, 0.4) is 0 Å². The number of hydrogen-bond acceptors (Lipinski definition) is 6. The molecule has 0 saturated carbocycles. The molecular weight excluding hydrogens is 452 g/mol. The fourth-order valence-electron chi connectivity index (χ4n) is 4.74. The first-order valence-corrected chi connectivity index (χ1v) is 11.4. The summed E-state index contributed by atoms with van der Waals surface area (Å²) in [6, 6.07) is 9.33. The Labute approximate surface area is 199 Å². The number of hydrogen-bond donors (Lipinski definition) is 0. The molecule has 1 aliphatic rings. The predicted octanol–water partition coefficient (Wildman–Crippen LogP) is -0.276. The first-order chi connectivity index (χ1) is 16.8. The van der Waals surface area contributed by atoms with Crippen LogP contribution >= 0.6 is 0 Å². The van der Waals surface area contributed by atoms with E-state index in [2.05, 4.69) is 10.1 Å². The Morgan fingerprint density at radius 3 is 2.51 bits per heavy atom. The van der Waals surface area contributed by atoms with Crippen molar-refractivity contribution in [2.24, 2.45) is 21.1 Å². The van der Waals surface area contributed by atoms with Gasteiger partial charge in [0.2, 0.25) is 5.91 Å². The summed E-state index contributed by atoms with van der Waals surface area (Å²) in [4.78, 5) is 56.9. The van der Waals surface area contributed by atoms with Crippen LogP contribution in [0.15, 0.2) is 51.0 Å². The SMILES string of the molecule is Cn1nc(C2CCCN(C(=O)Cn3cnc4c3c(=O)n(C)c(=O)n4C)C2)n(-c2ccccc2)c1=O. The Morgan fingerprint density at radius 2 is 1.77 bits per heavy atom. The molecule has 1 atom stereocenters. The highest BCUT2D eigenvalue weighted by molar-refractivity contribution is 5.79. The van der Waals surface area contributed by atoms with Crippen molar-refractivity contribution in [1.82, 2.24) is 37.9 Å². The fourth-order valence-corrected chi connectivity index (χ4v) is 4.74. The van der Waals surface area contributed by atoms with E-state index in [1.807, 2.05) is 30.3 Å². The third kappa shape index (κ3) is 3.70. The summed E-state index contributed by atoms with van der Waals surface area (Å²) in [5.74, 6) is 0.336. The van der Waals surface area contributed by atoms with Gasteiger partial charge in [0.25, 0.3) is 5.56 Å². The van der Waals surface area contributed by atoms with E-state index in [0.717, 1.165) is 23.1 Å². The smallest absolute Gasteiger partial charge is 0.340 e. The van der Waals surface area contributed by atoms with Gasteiger partial charge in [0, 0.05) is 40.2 Å². The van der Waals surface area contributed by atoms with Gasteiger partial charge < -0.3 is 9.47 Å². The number of fused-ring (bicyclic) bond motifs is 1. The fraction of sp³-hybridized carbons (Fsp3) is 0.391. The Kier molecular flexibility index (Phi) is 5.50. The van der Waals surface area contributed by atoms with E-state index in [0.29, 0.717) is 18.9 Å². The number of rotatable bonds is 4. The average molecular weight is 479 g/mol. The summed E-state index contributed by atoms with van der Waals surface area (Å²) in [7, 11) is 4.56. The normalized spacial score (nSPS) is 16.2. The molecule has 4 heterocycles. The zero-order chi connectivity index (χ0) is 24.9. The molecule has 4 aromatic rings. The second kappa shape index (κ2) is 8.53. The molecule has 0 N–H and O–H groups in total. The summed E-state index contributed by atoms with van der Waals surface area (Å²) >= 11 is 0. The van der Waals surface area contributed by atoms with Crippen molar-refractivity contribution < 1.29 is 4.79 Å². The van der Waals surface area contributed by atoms with E-state index in [-0.39, 0.29) is 35.2 Å². The summed E-state index contributed by atoms with van der Waals surface area (Å²) in [5.41, 5.74) is -0.0265. The Hall–Kier alpha value is -4.22. The van der Waals surface area contributed by atoms with Gasteiger partial charge in [-0.15, -0.1) is 0 Å². The van der Waals surface area contributed by atoms with E-state index in [4.69, 9.17) is 0 Å². The molecule has 1 aromatic carbocycles. The van der Waals surface area contributed by atoms with E-state index in [9.17, 15) is 19.2 Å². The molecule has 0 aliphatic carbocycles. The van der Waals surface area contributed by atoms with Crippen molar-refractivity contribution in [2.45, 2.75) is 25.3 Å². The molecule has 1 amide bonds. The van der Waals surface area contributed by atoms with Gasteiger partial charge in [0.1, 0.15) is 12.4 Å². The molecule has 1 saturated heterocycles. The number of likely N-dealkylation sites (tertiary alicyclic amines) is 1. The summed E-state index contributed by atoms with van der Waals surface area (Å²) in [5, 5.41) is 4.50. The number of imidazole rings is 1. The average Bonchev–Trinajstić information content (AvgIpc) is 3.42. The van der Waals surface area contributed by atoms with Crippen molar-refractivity contribution in [1.29, 1.82) is 0 Å². The van der Waals surface area contributed by atoms with Crippen LogP contribution in [-0.4, -0.2) is 56.9 Å². The lowest BCUT2D eigenvalue weighted by molar-refractivity contribution is -0.133. The van der Waals surface area contributed by atoms with Gasteiger partial charge in [-0.2, -0.15) is 5.10 Å². The van der Waals surface area contributed by atoms with E-state index in [1.165, 1.54) is 34.2 Å². The van der Waals surface area contributed by atoms with Crippen LogP contribution in [0.1, 0.15) is 24.6 Å². The molecule has 12 heteroatoms. The molecule has 5 rings (SSSR count). The highest BCUT2D eigenvalue weighted by atomic mass is 16.2. The zero-order valence-electron chi connectivity index (χ0n) is 19.8. The van der Waals surface area contributed by atoms with Gasteiger partial charge in [-0.1, -0.05) is 18.2 Å². The summed E-state index contributed by atoms with van der Waals surface area (Å²) in [6.45, 7) is 0.899. The molecule has 0 spiro atoms. The van der Waals surface area contributed by atoms with Crippen LogP contribution in [0.2, 0.25) is 0 Å². The largest absolute Gasteiger partial charge is 0.350 e. The van der Waals surface area contributed by atoms with Crippen LogP contribution in [0, 0.1) is 0 Å². The number of carbonyl (C=O) groups excluding carboxylic acids is 1. The Morgan fingerprint density at radius 1 is 1.03 bits per heavy atom. The number of aryl methyl sites for hydroxylation is 2. The van der Waals surface area contributed by atoms with Gasteiger partial charge in [-0.25, -0.2) is 23.8 Å². The molecule has 12 nitrogen and oxygen atoms in total. The molecule has 182 valence electrons. The van der Waals surface area contributed by atoms with Gasteiger partial charge in [-0.05, 0) is 25.0 Å². The van der Waals surface area contributed by atoms with Crippen LogP contribution in [0.5, 0.6) is 0 Å². The first kappa shape index (κ1) is 22.6. The highest BCUT2D eigenvalue weighted by Crippen LogP contribution is 2.27. The standard InChI is InChI=1S/C23H26N8O4/c1-26-20-18(21(33)27(2)22(26)34)30(14-24-20)13-17(32)29-11-7-8-15(12-29)19-25-28(3)23(35)31(19)16-9-5-4-6-10-16/h4-6,9-10,14-15H,7-8,11-13H2,1-3H3. The Balaban J connectivity index is 1.43. The topological polar surface area (TPSA) is 122 Å². The second-order valence-electron chi connectivity index (χ2n) is 8.86. The summed E-state index contributed by atoms with van der Waals surface area (Å²) in [6.07, 6.45) is 2.97. The van der Waals surface area contributed by atoms with Gasteiger partial charge in [0.15, 0.2) is 11.2 Å². The first-order valence-electron chi connectivity index (χ1n) is 11.4. The maximum Gasteiger partial charge on any atom is 0.350 e. The molecule has 1 aliphatic heterocycles. The lowest BCUT2D eigenvalue weighted by Crippen LogP contribution is -2.42. The number of nitrogens with zero attached hydrogens (tertiary/aromatic N) is 8. The number of aromatic nitrogens is 7. The minimum absolute atomic E-state index is 0.0790. The summed E-state index contributed by atoms with van der Waals surface area (Å²) < 4.78 is 6.71. The number of piperidine rings is 1. The van der Waals surface area contributed by atoms with Crippen LogP contribution in [-0.2, 0) is 32.5 Å². The quantitative estimate of drug-likeness (QED) is 0.398. The molecule has 1 unspecified atom stereocenters. The second-order valence-corrected chi connectivity index (χ2v) is 8.86. The third-order valence-corrected chi connectivity index (χ3v) is 6.63. The lowest BCUT2D eigenvalue weighted by Gasteiger charge is -2.32. The predicted molar refractivity (Wildman–Crippen MR) is 128 cm³/mol. The maximum absolute atomic E-state index is 13.3. The van der Waals surface area contributed by atoms with Crippen LogP contribution < -0.4 is 16.9 Å². The van der Waals surface area contributed by atoms with Crippen LogP contribution in [0.4, 0.5) is 0 Å². The van der Waals surface area contributed by atoms with E-state index >= 15 is 0 Å². The number of para-hydroxylation sites is 1. The van der Waals surface area contributed by atoms with Crippen molar-refractivity contribution in [3.63, 3.8) is 0 Å². The lowest BCUT2D eigenvalue weighted by atomic mass is 9.97. The van der Waals surface area contributed by atoms with E-state index < -0.39 is 11.2 Å². The Bertz CT molecular complexity index is 1600. The molecule has 0 bridgehead atoms. The molecule has 1 fully saturated rings. The van der Waals surface area contributed by atoms with E-state index in [1.54, 1.807) is 16.5 Å². The van der Waals surface area contributed by atoms with Crippen molar-refractivity contribution in [3.8, 4) is 5.69 Å². The molecule has 0 radical (unpaired) electrons. The minimum atomic E-state index is -0.495. The molecular formula is C23H26N8O4. The van der Waals surface area contributed by atoms with Gasteiger partial charge in [0.05, 0.1) is 12.0 Å². The number of amides is 1. The zero-order valence-corrected chi connectivity index (χ0v) is 19.8. The highest BCUT2D eigenvalue weighted by Gasteiger charge is 2.30. The molecule has 3 aromatic heterocycles. The van der Waals surface area contributed by atoms with Crippen molar-refractivity contribution >= 4 is 17.1 Å². The van der Waals surface area contributed by atoms with Crippen LogP contribution in [0.25, 0.3) is 16.9 Å². The molecule has 35 heavy (non-hydrogen) atoms.